The fourth-order valence-corrected chi connectivity index (χ4v) is 3.48. The molecule has 1 amide bonds. The molecule has 0 bridgehead atoms. The highest BCUT2D eigenvalue weighted by molar-refractivity contribution is 6.03. The van der Waals surface area contributed by atoms with Crippen LogP contribution in [0.15, 0.2) is 54.6 Å². The Morgan fingerprint density at radius 1 is 0.966 bits per heavy atom. The third-order valence-electron chi connectivity index (χ3n) is 5.25. The smallest absolute Gasteiger partial charge is 0.276 e. The Labute approximate surface area is 169 Å². The molecular formula is C22H24FN5O. The molecule has 0 radical (unpaired) electrons. The fraction of sp³-hybridized carbons (Fsp3) is 0.273. The van der Waals surface area contributed by atoms with Crippen LogP contribution in [0.4, 0.5) is 15.8 Å². The minimum atomic E-state index is -0.297. The number of aromatic nitrogens is 2. The van der Waals surface area contributed by atoms with Gasteiger partial charge in [0.2, 0.25) is 0 Å². The summed E-state index contributed by atoms with van der Waals surface area (Å²) < 4.78 is 14.8. The summed E-state index contributed by atoms with van der Waals surface area (Å²) in [5.74, 6) is -0.574. The molecule has 4 rings (SSSR count). The number of hydrogen-bond donors (Lipinski definition) is 1. The number of carbonyl (C=O) groups is 1. The van der Waals surface area contributed by atoms with Gasteiger partial charge in [-0.05, 0) is 67.2 Å². The summed E-state index contributed by atoms with van der Waals surface area (Å²) >= 11 is 0. The Morgan fingerprint density at radius 3 is 2.28 bits per heavy atom. The van der Waals surface area contributed by atoms with E-state index in [9.17, 15) is 9.18 Å². The Kier molecular flexibility index (Phi) is 5.31. The second-order valence-electron chi connectivity index (χ2n) is 7.34. The van der Waals surface area contributed by atoms with Crippen molar-refractivity contribution in [2.45, 2.75) is 0 Å². The number of halogens is 1. The van der Waals surface area contributed by atoms with E-state index in [2.05, 4.69) is 27.3 Å². The SMILES string of the molecule is CN1CCN(c2ccc(NC(=O)c3cc(-c4ccc(F)cc4)n(C)n3)cc2)CC1. The number of benzene rings is 2. The molecular weight excluding hydrogens is 369 g/mol. The molecule has 0 aliphatic carbocycles. The monoisotopic (exact) mass is 393 g/mol. The number of nitrogens with zero attached hydrogens (tertiary/aromatic N) is 4. The van der Waals surface area contributed by atoms with E-state index in [4.69, 9.17) is 0 Å². The number of amides is 1. The summed E-state index contributed by atoms with van der Waals surface area (Å²) in [4.78, 5) is 17.3. The minimum absolute atomic E-state index is 0.277. The van der Waals surface area contributed by atoms with Gasteiger partial charge in [0.15, 0.2) is 5.69 Å². The van der Waals surface area contributed by atoms with Crippen molar-refractivity contribution >= 4 is 17.3 Å². The molecule has 6 nitrogen and oxygen atoms in total. The molecule has 0 saturated carbocycles. The van der Waals surface area contributed by atoms with Crippen LogP contribution in [-0.4, -0.2) is 53.8 Å². The Hall–Kier alpha value is -3.19. The maximum atomic E-state index is 13.2. The van der Waals surface area contributed by atoms with Crippen LogP contribution in [0.2, 0.25) is 0 Å². The van der Waals surface area contributed by atoms with Crippen molar-refractivity contribution in [3.63, 3.8) is 0 Å². The van der Waals surface area contributed by atoms with Gasteiger partial charge >= 0.3 is 0 Å². The molecule has 1 aromatic heterocycles. The first-order chi connectivity index (χ1) is 14.0. The van der Waals surface area contributed by atoms with E-state index in [1.807, 2.05) is 24.3 Å². The average Bonchev–Trinajstić information content (AvgIpc) is 3.12. The lowest BCUT2D eigenvalue weighted by Gasteiger charge is -2.34. The predicted octanol–water partition coefficient (Wildman–Crippen LogP) is 3.23. The molecule has 1 fully saturated rings. The highest BCUT2D eigenvalue weighted by atomic mass is 19.1. The van der Waals surface area contributed by atoms with Crippen molar-refractivity contribution in [2.75, 3.05) is 43.4 Å². The molecule has 1 aliphatic heterocycles. The lowest BCUT2D eigenvalue weighted by atomic mass is 10.1. The minimum Gasteiger partial charge on any atom is -0.369 e. The lowest BCUT2D eigenvalue weighted by Crippen LogP contribution is -2.44. The predicted molar refractivity (Wildman–Crippen MR) is 113 cm³/mol. The number of piperazine rings is 1. The van der Waals surface area contributed by atoms with Gasteiger partial charge in [0.25, 0.3) is 5.91 Å². The number of aryl methyl sites for hydroxylation is 1. The van der Waals surface area contributed by atoms with E-state index in [1.54, 1.807) is 29.9 Å². The van der Waals surface area contributed by atoms with Gasteiger partial charge in [-0.15, -0.1) is 0 Å². The van der Waals surface area contributed by atoms with Crippen LogP contribution in [0, 0.1) is 5.82 Å². The van der Waals surface area contributed by atoms with Gasteiger partial charge < -0.3 is 15.1 Å². The molecule has 150 valence electrons. The van der Waals surface area contributed by atoms with E-state index < -0.39 is 0 Å². The zero-order valence-corrected chi connectivity index (χ0v) is 16.6. The van der Waals surface area contributed by atoms with E-state index in [-0.39, 0.29) is 11.7 Å². The van der Waals surface area contributed by atoms with Crippen LogP contribution in [0.3, 0.4) is 0 Å². The summed E-state index contributed by atoms with van der Waals surface area (Å²) in [5.41, 5.74) is 3.75. The molecule has 7 heteroatoms. The third-order valence-corrected chi connectivity index (χ3v) is 5.25. The van der Waals surface area contributed by atoms with E-state index >= 15 is 0 Å². The second-order valence-corrected chi connectivity index (χ2v) is 7.34. The topological polar surface area (TPSA) is 53.4 Å². The Bertz CT molecular complexity index is 989. The number of hydrogen-bond acceptors (Lipinski definition) is 4. The highest BCUT2D eigenvalue weighted by Crippen LogP contribution is 2.22. The number of likely N-dealkylation sites (N-methyl/N-ethyl adjacent to an activating group) is 1. The first-order valence-corrected chi connectivity index (χ1v) is 9.64. The van der Waals surface area contributed by atoms with Gasteiger partial charge in [0.1, 0.15) is 5.82 Å². The van der Waals surface area contributed by atoms with Crippen LogP contribution in [0.1, 0.15) is 10.5 Å². The quantitative estimate of drug-likeness (QED) is 0.740. The van der Waals surface area contributed by atoms with Crippen molar-refractivity contribution < 1.29 is 9.18 Å². The summed E-state index contributed by atoms with van der Waals surface area (Å²) in [6, 6.07) is 15.7. The molecule has 1 aliphatic rings. The zero-order valence-electron chi connectivity index (χ0n) is 16.6. The van der Waals surface area contributed by atoms with Gasteiger partial charge in [-0.1, -0.05) is 0 Å². The first-order valence-electron chi connectivity index (χ1n) is 9.64. The second kappa shape index (κ2) is 8.05. The van der Waals surface area contributed by atoms with Crippen molar-refractivity contribution in [1.82, 2.24) is 14.7 Å². The summed E-state index contributed by atoms with van der Waals surface area (Å²) in [7, 11) is 3.90. The summed E-state index contributed by atoms with van der Waals surface area (Å²) in [6.45, 7) is 4.10. The van der Waals surface area contributed by atoms with Crippen molar-refractivity contribution in [1.29, 1.82) is 0 Å². The van der Waals surface area contributed by atoms with Crippen LogP contribution in [-0.2, 0) is 7.05 Å². The number of rotatable bonds is 4. The van der Waals surface area contributed by atoms with Crippen LogP contribution >= 0.6 is 0 Å². The number of nitrogens with one attached hydrogen (secondary N) is 1. The van der Waals surface area contributed by atoms with Crippen molar-refractivity contribution in [3.8, 4) is 11.3 Å². The van der Waals surface area contributed by atoms with Gasteiger partial charge in [-0.25, -0.2) is 4.39 Å². The number of carbonyl (C=O) groups excluding carboxylic acids is 1. The standard InChI is InChI=1S/C22H24FN5O/c1-26-11-13-28(14-12-26)19-9-7-18(8-10-19)24-22(29)20-15-21(27(2)25-20)16-3-5-17(23)6-4-16/h3-10,15H,11-14H2,1-2H3,(H,24,29). The highest BCUT2D eigenvalue weighted by Gasteiger charge is 2.16. The van der Waals surface area contributed by atoms with Crippen molar-refractivity contribution in [2.24, 2.45) is 7.05 Å². The van der Waals surface area contributed by atoms with Crippen molar-refractivity contribution in [3.05, 3.63) is 66.1 Å². The molecule has 1 saturated heterocycles. The van der Waals surface area contributed by atoms with Crippen LogP contribution in [0.25, 0.3) is 11.3 Å². The molecule has 2 aromatic carbocycles. The maximum absolute atomic E-state index is 13.2. The largest absolute Gasteiger partial charge is 0.369 e. The van der Waals surface area contributed by atoms with Gasteiger partial charge in [-0.3, -0.25) is 9.48 Å². The molecule has 29 heavy (non-hydrogen) atoms. The fourth-order valence-electron chi connectivity index (χ4n) is 3.48. The van der Waals surface area contributed by atoms with Crippen LogP contribution < -0.4 is 10.2 Å². The summed E-state index contributed by atoms with van der Waals surface area (Å²) in [6.07, 6.45) is 0. The maximum Gasteiger partial charge on any atom is 0.276 e. The average molecular weight is 393 g/mol. The Balaban J connectivity index is 1.44. The lowest BCUT2D eigenvalue weighted by molar-refractivity contribution is 0.102. The van der Waals surface area contributed by atoms with Gasteiger partial charge in [-0.2, -0.15) is 5.10 Å². The Morgan fingerprint density at radius 2 is 1.62 bits per heavy atom. The number of anilines is 2. The van der Waals surface area contributed by atoms with Gasteiger partial charge in [0, 0.05) is 44.6 Å². The zero-order chi connectivity index (χ0) is 20.4. The molecule has 2 heterocycles. The third kappa shape index (κ3) is 4.30. The first kappa shape index (κ1) is 19.1. The molecule has 0 atom stereocenters. The molecule has 0 unspecified atom stereocenters. The van der Waals surface area contributed by atoms with E-state index in [0.717, 1.165) is 48.8 Å². The van der Waals surface area contributed by atoms with Crippen LogP contribution in [0.5, 0.6) is 0 Å². The molecule has 3 aromatic rings. The summed E-state index contributed by atoms with van der Waals surface area (Å²) in [5, 5.41) is 7.20. The van der Waals surface area contributed by atoms with E-state index in [0.29, 0.717) is 5.69 Å². The molecule has 1 N–H and O–H groups in total. The molecule has 0 spiro atoms. The normalized spacial score (nSPS) is 14.8. The van der Waals surface area contributed by atoms with Gasteiger partial charge in [0.05, 0.1) is 5.69 Å². The van der Waals surface area contributed by atoms with E-state index in [1.165, 1.54) is 12.1 Å².